The monoisotopic (exact) mass is 1250 g/mol. The Bertz CT molecular complexity index is 3330. The highest BCUT2D eigenvalue weighted by Crippen LogP contribution is 2.28. The summed E-state index contributed by atoms with van der Waals surface area (Å²) in [7, 11) is -3.64. The van der Waals surface area contributed by atoms with Gasteiger partial charge in [-0.15, -0.1) is 0 Å². The number of carbonyl (C=O) groups excluding carboxylic acids is 2. The van der Waals surface area contributed by atoms with Crippen molar-refractivity contribution in [1.29, 1.82) is 0 Å². The molecule has 0 saturated carbocycles. The lowest BCUT2D eigenvalue weighted by Gasteiger charge is -2.14. The molecule has 90 heavy (non-hydrogen) atoms. The Balaban J connectivity index is 0.000000174. The zero-order chi connectivity index (χ0) is 64.1. The molecule has 0 unspecified atom stereocenters. The Morgan fingerprint density at radius 3 is 1.16 bits per heavy atom. The second-order valence-electron chi connectivity index (χ2n) is 22.8. The second-order valence-corrected chi connectivity index (χ2v) is 24.4. The van der Waals surface area contributed by atoms with Crippen LogP contribution < -0.4 is 9.47 Å². The third-order valence-corrected chi connectivity index (χ3v) is 16.7. The fourth-order valence-electron chi connectivity index (χ4n) is 9.97. The number of carboxylic acids is 1. The number of hydrogen-bond acceptors (Lipinski definition) is 14. The van der Waals surface area contributed by atoms with Gasteiger partial charge in [-0.3, -0.25) is 4.18 Å². The molecule has 3 fully saturated rings. The van der Waals surface area contributed by atoms with Gasteiger partial charge in [0, 0.05) is 25.9 Å². The molecule has 7 aromatic carbocycles. The number of ether oxygens (including phenoxy) is 7. The first-order valence-electron chi connectivity index (χ1n) is 31.6. The minimum absolute atomic E-state index is 0.0446. The number of esters is 2. The van der Waals surface area contributed by atoms with E-state index in [2.05, 4.69) is 13.8 Å². The average Bonchev–Trinajstić information content (AvgIpc) is 2.26. The molecule has 0 amide bonds. The number of hydrogen-bond donors (Lipinski definition) is 2. The number of unbranched alkanes of at least 4 members (excludes halogenated alkanes) is 6. The fraction of sp³-hybridized carbons (Fsp3) is 0.392. The predicted molar refractivity (Wildman–Crippen MR) is 350 cm³/mol. The third kappa shape index (κ3) is 23.5. The fourth-order valence-corrected chi connectivity index (χ4v) is 11.1. The van der Waals surface area contributed by atoms with Crippen LogP contribution in [-0.2, 0) is 38.0 Å². The quantitative estimate of drug-likeness (QED) is 0.0311. The van der Waals surface area contributed by atoms with Gasteiger partial charge < -0.3 is 43.4 Å². The van der Waals surface area contributed by atoms with Crippen LogP contribution in [0.3, 0.4) is 0 Å². The van der Waals surface area contributed by atoms with Gasteiger partial charge in [-0.05, 0) is 165 Å². The minimum atomic E-state index is -3.64. The van der Waals surface area contributed by atoms with Crippen LogP contribution in [-0.4, -0.2) is 107 Å². The number of benzene rings is 7. The van der Waals surface area contributed by atoms with E-state index < -0.39 is 16.1 Å². The van der Waals surface area contributed by atoms with E-state index in [0.717, 1.165) is 102 Å². The van der Waals surface area contributed by atoms with Crippen LogP contribution >= 0.6 is 0 Å². The molecule has 0 radical (unpaired) electrons. The van der Waals surface area contributed by atoms with Crippen molar-refractivity contribution in [2.45, 2.75) is 154 Å². The molecule has 0 aliphatic carbocycles. The number of rotatable bonds is 25. The maximum Gasteiger partial charge on any atom is 0.338 e. The molecular formula is C74H88O15S. The molecule has 0 bridgehead atoms. The molecule has 3 saturated heterocycles. The Kier molecular flexibility index (Phi) is 28.4. The van der Waals surface area contributed by atoms with Crippen LogP contribution in [0.2, 0.25) is 0 Å². The summed E-state index contributed by atoms with van der Waals surface area (Å²) in [6.07, 6.45) is 13.7. The van der Waals surface area contributed by atoms with E-state index in [9.17, 15) is 27.9 Å². The first kappa shape index (κ1) is 69.6. The summed E-state index contributed by atoms with van der Waals surface area (Å²) in [5, 5.41) is 18.2. The zero-order valence-corrected chi connectivity index (χ0v) is 53.4. The summed E-state index contributed by atoms with van der Waals surface area (Å²) < 4.78 is 67.2. The number of aromatic carboxylic acids is 1. The molecule has 3 aliphatic rings. The lowest BCUT2D eigenvalue weighted by atomic mass is 10.0. The first-order valence-corrected chi connectivity index (χ1v) is 33.0. The van der Waals surface area contributed by atoms with Gasteiger partial charge in [0.1, 0.15) is 35.6 Å². The van der Waals surface area contributed by atoms with Crippen molar-refractivity contribution in [3.63, 3.8) is 0 Å². The van der Waals surface area contributed by atoms with Crippen LogP contribution in [0.5, 0.6) is 17.2 Å². The SMILES string of the molecule is CCCCCC[C@@H](C)OC(=O)c1ccc(-c2ccc(O)cc2)cc1.CCCCCC[C@@H](C)OC(=O)c1ccc(-c2ccc(O[C@@H]3CCOC3)cc2)cc1.Cc1ccc(S(=O)(=O)O[C@@H]2CCOC2)cc1.O=C(O)c1ccc(-c2ccc(O[C@@H]3CCOC3)cc2)cc1. The van der Waals surface area contributed by atoms with Crippen LogP contribution in [0, 0.1) is 6.92 Å². The molecule has 0 spiro atoms. The number of carbonyl (C=O) groups is 3. The molecule has 15 nitrogen and oxygen atoms in total. The molecule has 0 aromatic heterocycles. The van der Waals surface area contributed by atoms with Crippen LogP contribution in [0.4, 0.5) is 0 Å². The van der Waals surface area contributed by atoms with Crippen LogP contribution in [0.1, 0.15) is 148 Å². The van der Waals surface area contributed by atoms with Crippen molar-refractivity contribution in [1.82, 2.24) is 0 Å². The maximum atomic E-state index is 12.4. The Morgan fingerprint density at radius 2 is 0.811 bits per heavy atom. The highest BCUT2D eigenvalue weighted by Gasteiger charge is 2.25. The third-order valence-electron chi connectivity index (χ3n) is 15.3. The molecule has 10 rings (SSSR count). The van der Waals surface area contributed by atoms with E-state index in [1.54, 1.807) is 60.7 Å². The van der Waals surface area contributed by atoms with E-state index in [1.807, 2.05) is 130 Å². The minimum Gasteiger partial charge on any atom is -0.508 e. The van der Waals surface area contributed by atoms with Gasteiger partial charge in [0.25, 0.3) is 10.1 Å². The van der Waals surface area contributed by atoms with E-state index in [-0.39, 0.29) is 53.1 Å². The second kappa shape index (κ2) is 36.7. The van der Waals surface area contributed by atoms with Crippen molar-refractivity contribution < 1.29 is 70.4 Å². The molecule has 16 heteroatoms. The molecule has 480 valence electrons. The first-order chi connectivity index (χ1) is 43.5. The van der Waals surface area contributed by atoms with E-state index in [4.69, 9.17) is 42.4 Å². The summed E-state index contributed by atoms with van der Waals surface area (Å²) in [6.45, 7) is 14.0. The smallest absolute Gasteiger partial charge is 0.338 e. The van der Waals surface area contributed by atoms with Crippen molar-refractivity contribution in [3.05, 3.63) is 192 Å². The van der Waals surface area contributed by atoms with E-state index in [0.29, 0.717) is 49.5 Å². The number of carboxylic acid groups (broad SMARTS) is 1. The lowest BCUT2D eigenvalue weighted by Crippen LogP contribution is -2.18. The lowest BCUT2D eigenvalue weighted by molar-refractivity contribution is 0.0309. The zero-order valence-electron chi connectivity index (χ0n) is 52.6. The summed E-state index contributed by atoms with van der Waals surface area (Å²) in [5.41, 5.74) is 8.62. The maximum absolute atomic E-state index is 12.4. The highest BCUT2D eigenvalue weighted by molar-refractivity contribution is 7.86. The van der Waals surface area contributed by atoms with Crippen molar-refractivity contribution in [2.75, 3.05) is 39.6 Å². The topological polar surface area (TPSA) is 200 Å². The summed E-state index contributed by atoms with van der Waals surface area (Å²) in [4.78, 5) is 35.6. The normalized spacial score (nSPS) is 16.6. The van der Waals surface area contributed by atoms with Gasteiger partial charge in [-0.1, -0.05) is 143 Å². The van der Waals surface area contributed by atoms with Gasteiger partial charge >= 0.3 is 17.9 Å². The van der Waals surface area contributed by atoms with Crippen molar-refractivity contribution >= 4 is 28.0 Å². The molecular weight excluding hydrogens is 1160 g/mol. The van der Waals surface area contributed by atoms with Crippen LogP contribution in [0.25, 0.3) is 33.4 Å². The van der Waals surface area contributed by atoms with E-state index >= 15 is 0 Å². The largest absolute Gasteiger partial charge is 0.508 e. The Labute approximate surface area is 531 Å². The van der Waals surface area contributed by atoms with Crippen molar-refractivity contribution in [2.24, 2.45) is 0 Å². The van der Waals surface area contributed by atoms with Crippen molar-refractivity contribution in [3.8, 4) is 50.6 Å². The summed E-state index contributed by atoms with van der Waals surface area (Å²) in [5.74, 6) is 0.502. The summed E-state index contributed by atoms with van der Waals surface area (Å²) >= 11 is 0. The van der Waals surface area contributed by atoms with Gasteiger partial charge in [-0.25, -0.2) is 14.4 Å². The number of aryl methyl sites for hydroxylation is 1. The molecule has 2 N–H and O–H groups in total. The number of phenolic OH excluding ortho intramolecular Hbond substituents is 1. The van der Waals surface area contributed by atoms with Gasteiger partial charge in [-0.2, -0.15) is 8.42 Å². The standard InChI is InChI=1S/C25H32O4.C21H26O3.C17H16O4.C11H14O4S/c1-3-4-5-6-7-19(2)28-25(26)22-10-8-20(9-11-22)21-12-14-23(15-13-21)29-24-16-17-27-18-24;1-3-4-5-6-7-16(2)24-21(23)19-10-8-17(9-11-19)18-12-14-20(22)15-13-18;18-17(19)14-3-1-12(2-4-14)13-5-7-15(8-6-13)21-16-9-10-20-11-16;1-9-2-4-11(5-3-9)16(12,13)15-10-6-7-14-8-10/h8-15,19,24H,3-7,16-18H2,1-2H3;8-16,22H,3-7H2,1-2H3;1-8,16H,9-11H2,(H,18,19);2-5,10H,6-8H2,1H3/t19-,24-;2*16-;10-/m1111/s1. The molecule has 5 atom stereocenters. The molecule has 7 aromatic rings. The van der Waals surface area contributed by atoms with Gasteiger partial charge in [0.15, 0.2) is 0 Å². The average molecular weight is 1250 g/mol. The van der Waals surface area contributed by atoms with E-state index in [1.165, 1.54) is 38.5 Å². The Morgan fingerprint density at radius 1 is 0.467 bits per heavy atom. The molecule has 3 aliphatic heterocycles. The Hall–Kier alpha value is -7.86. The van der Waals surface area contributed by atoms with Gasteiger partial charge in [0.2, 0.25) is 0 Å². The predicted octanol–water partition coefficient (Wildman–Crippen LogP) is 16.3. The summed E-state index contributed by atoms with van der Waals surface area (Å²) in [6, 6.07) is 51.3. The number of phenols is 1. The highest BCUT2D eigenvalue weighted by atomic mass is 32.2. The molecule has 3 heterocycles. The number of aromatic hydroxyl groups is 1. The van der Waals surface area contributed by atoms with Crippen LogP contribution in [0.15, 0.2) is 175 Å². The van der Waals surface area contributed by atoms with Gasteiger partial charge in [0.05, 0.1) is 66.8 Å².